The van der Waals surface area contributed by atoms with Gasteiger partial charge in [0.2, 0.25) is 5.91 Å². The van der Waals surface area contributed by atoms with Crippen LogP contribution in [0, 0.1) is 6.92 Å². The number of amides is 1. The molecule has 0 aliphatic carbocycles. The van der Waals surface area contributed by atoms with Gasteiger partial charge in [0.25, 0.3) is 0 Å². The largest absolute Gasteiger partial charge is 0.465 e. The van der Waals surface area contributed by atoms with Crippen molar-refractivity contribution < 1.29 is 9.21 Å². The minimum atomic E-state index is -0.145. The molecule has 1 aromatic carbocycles. The zero-order chi connectivity index (χ0) is 14.5. The van der Waals surface area contributed by atoms with Gasteiger partial charge in [0.05, 0.1) is 23.3 Å². The number of nitrogens with one attached hydrogen (secondary N) is 2. The lowest BCUT2D eigenvalue weighted by Gasteiger charge is -2.12. The lowest BCUT2D eigenvalue weighted by Crippen LogP contribution is -2.30. The molecule has 0 aliphatic heterocycles. The van der Waals surface area contributed by atoms with Gasteiger partial charge in [-0.1, -0.05) is 23.7 Å². The standard InChI is InChI=1S/C15H17ClN2O2/c1-10-7-8-14(20-10)11(2)17-9-15(19)18-13-6-4-3-5-12(13)16/h3-8,11,17H,9H2,1-2H3,(H,18,19). The number of aryl methyl sites for hydroxylation is 1. The molecular weight excluding hydrogens is 276 g/mol. The molecule has 106 valence electrons. The SMILES string of the molecule is Cc1ccc(C(C)NCC(=O)Nc2ccccc2Cl)o1. The highest BCUT2D eigenvalue weighted by atomic mass is 35.5. The molecule has 2 aromatic rings. The summed E-state index contributed by atoms with van der Waals surface area (Å²) in [6.07, 6.45) is 0. The van der Waals surface area contributed by atoms with Gasteiger partial charge >= 0.3 is 0 Å². The number of carbonyl (C=O) groups excluding carboxylic acids is 1. The third-order valence-corrected chi connectivity index (χ3v) is 3.23. The number of para-hydroxylation sites is 1. The zero-order valence-corrected chi connectivity index (χ0v) is 12.2. The van der Waals surface area contributed by atoms with Crippen molar-refractivity contribution >= 4 is 23.2 Å². The Balaban J connectivity index is 1.85. The van der Waals surface area contributed by atoms with Crippen molar-refractivity contribution in [3.63, 3.8) is 0 Å². The molecule has 2 N–H and O–H groups in total. The van der Waals surface area contributed by atoms with Gasteiger partial charge in [-0.3, -0.25) is 10.1 Å². The molecule has 0 saturated carbocycles. The zero-order valence-electron chi connectivity index (χ0n) is 11.4. The van der Waals surface area contributed by atoms with Gasteiger partial charge in [-0.25, -0.2) is 0 Å². The molecule has 0 radical (unpaired) electrons. The van der Waals surface area contributed by atoms with Crippen LogP contribution in [0.3, 0.4) is 0 Å². The van der Waals surface area contributed by atoms with E-state index < -0.39 is 0 Å². The van der Waals surface area contributed by atoms with E-state index in [-0.39, 0.29) is 18.5 Å². The molecule has 0 saturated heterocycles. The average Bonchev–Trinajstić information content (AvgIpc) is 2.85. The highest BCUT2D eigenvalue weighted by molar-refractivity contribution is 6.33. The molecule has 1 atom stereocenters. The highest BCUT2D eigenvalue weighted by Crippen LogP contribution is 2.20. The highest BCUT2D eigenvalue weighted by Gasteiger charge is 2.11. The third kappa shape index (κ3) is 3.85. The lowest BCUT2D eigenvalue weighted by atomic mass is 10.2. The first-order chi connectivity index (χ1) is 9.56. The van der Waals surface area contributed by atoms with Crippen LogP contribution in [0.2, 0.25) is 5.02 Å². The molecule has 1 amide bonds. The van der Waals surface area contributed by atoms with Crippen LogP contribution < -0.4 is 10.6 Å². The van der Waals surface area contributed by atoms with Crippen molar-refractivity contribution in [2.45, 2.75) is 19.9 Å². The maximum absolute atomic E-state index is 11.8. The van der Waals surface area contributed by atoms with E-state index in [0.29, 0.717) is 10.7 Å². The van der Waals surface area contributed by atoms with Gasteiger partial charge in [-0.2, -0.15) is 0 Å². The predicted octanol–water partition coefficient (Wildman–Crippen LogP) is 3.53. The van der Waals surface area contributed by atoms with Crippen LogP contribution in [0.4, 0.5) is 5.69 Å². The molecule has 0 aliphatic rings. The van der Waals surface area contributed by atoms with Gasteiger partial charge in [-0.15, -0.1) is 0 Å². The summed E-state index contributed by atoms with van der Waals surface area (Å²) in [5, 5.41) is 6.38. The number of halogens is 1. The Morgan fingerprint density at radius 1 is 1.30 bits per heavy atom. The van der Waals surface area contributed by atoms with Crippen molar-refractivity contribution in [3.05, 3.63) is 52.9 Å². The summed E-state index contributed by atoms with van der Waals surface area (Å²) in [6, 6.07) is 10.9. The summed E-state index contributed by atoms with van der Waals surface area (Å²) in [4.78, 5) is 11.8. The van der Waals surface area contributed by atoms with Crippen molar-refractivity contribution in [1.29, 1.82) is 0 Å². The van der Waals surface area contributed by atoms with E-state index in [1.54, 1.807) is 12.1 Å². The molecule has 20 heavy (non-hydrogen) atoms. The Bertz CT molecular complexity index is 595. The van der Waals surface area contributed by atoms with Crippen LogP contribution in [-0.2, 0) is 4.79 Å². The fourth-order valence-corrected chi connectivity index (χ4v) is 1.97. The minimum absolute atomic E-state index is 0.0271. The Morgan fingerprint density at radius 2 is 2.05 bits per heavy atom. The summed E-state index contributed by atoms with van der Waals surface area (Å²) >= 11 is 5.98. The Morgan fingerprint density at radius 3 is 2.70 bits per heavy atom. The number of furan rings is 1. The fourth-order valence-electron chi connectivity index (χ4n) is 1.79. The minimum Gasteiger partial charge on any atom is -0.465 e. The maximum atomic E-state index is 11.8. The maximum Gasteiger partial charge on any atom is 0.238 e. The van der Waals surface area contributed by atoms with Crippen molar-refractivity contribution in [2.75, 3.05) is 11.9 Å². The second-order valence-corrected chi connectivity index (χ2v) is 4.99. The van der Waals surface area contributed by atoms with Crippen molar-refractivity contribution in [2.24, 2.45) is 0 Å². The second kappa shape index (κ2) is 6.59. The quantitative estimate of drug-likeness (QED) is 0.886. The number of hydrogen-bond donors (Lipinski definition) is 2. The van der Waals surface area contributed by atoms with Crippen molar-refractivity contribution in [3.8, 4) is 0 Å². The van der Waals surface area contributed by atoms with Crippen LogP contribution in [0.1, 0.15) is 24.5 Å². The molecule has 0 spiro atoms. The average molecular weight is 293 g/mol. The molecule has 1 aromatic heterocycles. The lowest BCUT2D eigenvalue weighted by molar-refractivity contribution is -0.115. The van der Waals surface area contributed by atoms with E-state index in [0.717, 1.165) is 11.5 Å². The van der Waals surface area contributed by atoms with Gasteiger partial charge in [0.15, 0.2) is 0 Å². The summed E-state index contributed by atoms with van der Waals surface area (Å²) in [5.41, 5.74) is 0.613. The van der Waals surface area contributed by atoms with E-state index in [4.69, 9.17) is 16.0 Å². The van der Waals surface area contributed by atoms with E-state index in [1.807, 2.05) is 38.1 Å². The smallest absolute Gasteiger partial charge is 0.238 e. The second-order valence-electron chi connectivity index (χ2n) is 4.58. The van der Waals surface area contributed by atoms with Crippen LogP contribution in [0.25, 0.3) is 0 Å². The van der Waals surface area contributed by atoms with E-state index in [1.165, 1.54) is 0 Å². The van der Waals surface area contributed by atoms with Gasteiger partial charge in [0.1, 0.15) is 11.5 Å². The molecule has 5 heteroatoms. The van der Waals surface area contributed by atoms with Gasteiger partial charge in [0, 0.05) is 0 Å². The third-order valence-electron chi connectivity index (χ3n) is 2.90. The molecule has 1 heterocycles. The van der Waals surface area contributed by atoms with E-state index in [2.05, 4.69) is 10.6 Å². The fraction of sp³-hybridized carbons (Fsp3) is 0.267. The Hall–Kier alpha value is -1.78. The van der Waals surface area contributed by atoms with Crippen LogP contribution >= 0.6 is 11.6 Å². The molecule has 4 nitrogen and oxygen atoms in total. The number of carbonyl (C=O) groups is 1. The number of rotatable bonds is 5. The number of anilines is 1. The molecule has 2 rings (SSSR count). The van der Waals surface area contributed by atoms with Crippen molar-refractivity contribution in [1.82, 2.24) is 5.32 Å². The monoisotopic (exact) mass is 292 g/mol. The Labute approximate surface area is 123 Å². The van der Waals surface area contributed by atoms with Gasteiger partial charge < -0.3 is 9.73 Å². The topological polar surface area (TPSA) is 54.3 Å². The van der Waals surface area contributed by atoms with Crippen LogP contribution in [0.5, 0.6) is 0 Å². The summed E-state index contributed by atoms with van der Waals surface area (Å²) < 4.78 is 5.50. The van der Waals surface area contributed by atoms with Crippen LogP contribution in [-0.4, -0.2) is 12.5 Å². The first kappa shape index (κ1) is 14.6. The molecule has 0 bridgehead atoms. The van der Waals surface area contributed by atoms with E-state index in [9.17, 15) is 4.79 Å². The summed E-state index contributed by atoms with van der Waals surface area (Å²) in [7, 11) is 0. The van der Waals surface area contributed by atoms with E-state index >= 15 is 0 Å². The Kier molecular flexibility index (Phi) is 4.82. The predicted molar refractivity (Wildman–Crippen MR) is 79.9 cm³/mol. The molecule has 1 unspecified atom stereocenters. The number of hydrogen-bond acceptors (Lipinski definition) is 3. The number of benzene rings is 1. The van der Waals surface area contributed by atoms with Crippen LogP contribution in [0.15, 0.2) is 40.8 Å². The molecular formula is C15H17ClN2O2. The normalized spacial score (nSPS) is 12.2. The summed E-state index contributed by atoms with van der Waals surface area (Å²) in [6.45, 7) is 4.02. The molecule has 0 fully saturated rings. The first-order valence-corrected chi connectivity index (χ1v) is 6.78. The van der Waals surface area contributed by atoms with Gasteiger partial charge in [-0.05, 0) is 38.1 Å². The first-order valence-electron chi connectivity index (χ1n) is 6.40. The summed E-state index contributed by atoms with van der Waals surface area (Å²) in [5.74, 6) is 1.52.